The van der Waals surface area contributed by atoms with E-state index in [1.807, 2.05) is 56.3 Å². The number of ether oxygens (including phenoxy) is 1. The van der Waals surface area contributed by atoms with Crippen LogP contribution in [0.5, 0.6) is 5.75 Å². The Bertz CT molecular complexity index is 1110. The molecule has 0 aliphatic carbocycles. The Labute approximate surface area is 182 Å². The van der Waals surface area contributed by atoms with Crippen LogP contribution in [0.2, 0.25) is 0 Å². The third kappa shape index (κ3) is 6.41. The zero-order valence-electron chi connectivity index (χ0n) is 17.6. The van der Waals surface area contributed by atoms with E-state index < -0.39 is 5.97 Å². The van der Waals surface area contributed by atoms with Crippen molar-refractivity contribution in [2.45, 2.75) is 26.9 Å². The lowest BCUT2D eigenvalue weighted by Gasteiger charge is -2.12. The Morgan fingerprint density at radius 2 is 1.68 bits per heavy atom. The Morgan fingerprint density at radius 3 is 2.42 bits per heavy atom. The first-order chi connectivity index (χ1) is 14.9. The van der Waals surface area contributed by atoms with E-state index in [0.29, 0.717) is 18.6 Å². The van der Waals surface area contributed by atoms with Gasteiger partial charge in [-0.3, -0.25) is 0 Å². The molecule has 0 aromatic heterocycles. The smallest absolute Gasteiger partial charge is 0.335 e. The van der Waals surface area contributed by atoms with Crippen LogP contribution in [-0.2, 0) is 13.0 Å². The van der Waals surface area contributed by atoms with E-state index in [4.69, 9.17) is 9.84 Å². The van der Waals surface area contributed by atoms with Gasteiger partial charge in [0, 0.05) is 5.56 Å². The maximum atomic E-state index is 13.1. The molecule has 3 aromatic rings. The van der Waals surface area contributed by atoms with E-state index in [2.05, 4.69) is 0 Å². The van der Waals surface area contributed by atoms with Gasteiger partial charge in [0.15, 0.2) is 0 Å². The fourth-order valence-electron chi connectivity index (χ4n) is 3.21. The molecule has 0 unspecified atom stereocenters. The van der Waals surface area contributed by atoms with Gasteiger partial charge in [-0.15, -0.1) is 0 Å². The molecule has 0 radical (unpaired) electrons. The summed E-state index contributed by atoms with van der Waals surface area (Å²) in [5.74, 6) is -0.419. The topological polar surface area (TPSA) is 46.5 Å². The number of hydrogen-bond donors (Lipinski definition) is 1. The summed E-state index contributed by atoms with van der Waals surface area (Å²) in [4.78, 5) is 11.1. The largest absolute Gasteiger partial charge is 0.488 e. The Balaban J connectivity index is 1.71. The Morgan fingerprint density at radius 1 is 0.935 bits per heavy atom. The summed E-state index contributed by atoms with van der Waals surface area (Å²) in [5, 5.41) is 9.15. The lowest BCUT2D eigenvalue weighted by atomic mass is 10.0. The number of allylic oxidation sites excluding steroid dienone is 4. The molecule has 0 aliphatic rings. The highest BCUT2D eigenvalue weighted by Crippen LogP contribution is 2.27. The van der Waals surface area contributed by atoms with Crippen molar-refractivity contribution in [3.63, 3.8) is 0 Å². The normalized spacial score (nSPS) is 12.0. The number of carbonyl (C=O) groups is 1. The summed E-state index contributed by atoms with van der Waals surface area (Å²) in [6.45, 7) is 4.41. The predicted octanol–water partition coefficient (Wildman–Crippen LogP) is 6.70. The van der Waals surface area contributed by atoms with Gasteiger partial charge in [-0.2, -0.15) is 0 Å². The molecular weight excluding hydrogens is 391 g/mol. The van der Waals surface area contributed by atoms with E-state index >= 15 is 0 Å². The highest BCUT2D eigenvalue weighted by Gasteiger charge is 2.06. The third-order valence-electron chi connectivity index (χ3n) is 4.89. The first-order valence-corrected chi connectivity index (χ1v) is 10.1. The van der Waals surface area contributed by atoms with Crippen molar-refractivity contribution in [2.24, 2.45) is 0 Å². The Hall–Kier alpha value is -3.66. The predicted molar refractivity (Wildman–Crippen MR) is 122 cm³/mol. The molecule has 0 saturated carbocycles. The molecule has 1 N–H and O–H groups in total. The van der Waals surface area contributed by atoms with Crippen LogP contribution in [0.4, 0.5) is 4.39 Å². The minimum Gasteiger partial charge on any atom is -0.488 e. The van der Waals surface area contributed by atoms with E-state index in [0.717, 1.165) is 33.6 Å². The summed E-state index contributed by atoms with van der Waals surface area (Å²) >= 11 is 0. The van der Waals surface area contributed by atoms with E-state index in [-0.39, 0.29) is 5.82 Å². The number of para-hydroxylation sites is 1. The van der Waals surface area contributed by atoms with Crippen LogP contribution in [-0.4, -0.2) is 11.1 Å². The van der Waals surface area contributed by atoms with Crippen molar-refractivity contribution >= 4 is 11.5 Å². The highest BCUT2D eigenvalue weighted by molar-refractivity contribution is 5.87. The lowest BCUT2D eigenvalue weighted by Crippen LogP contribution is -1.98. The van der Waals surface area contributed by atoms with Crippen molar-refractivity contribution in [1.82, 2.24) is 0 Å². The molecule has 0 heterocycles. The van der Waals surface area contributed by atoms with Crippen molar-refractivity contribution in [2.75, 3.05) is 0 Å². The average molecular weight is 416 g/mol. The van der Waals surface area contributed by atoms with Crippen LogP contribution in [0.15, 0.2) is 90.5 Å². The highest BCUT2D eigenvalue weighted by atomic mass is 19.1. The molecule has 0 atom stereocenters. The van der Waals surface area contributed by atoms with E-state index in [1.165, 1.54) is 12.1 Å². The number of benzene rings is 3. The molecule has 31 heavy (non-hydrogen) atoms. The standard InChI is InChI=1S/C27H25FO3/c1-19(16-22-6-5-7-23(17-22)27(29)30)10-11-20(2)25-8-3-4-9-26(25)31-18-21-12-14-24(28)15-13-21/h3-15,17H,16,18H2,1-2H3,(H,29,30)/b19-10-,20-11+. The van der Waals surface area contributed by atoms with Crippen LogP contribution in [0.1, 0.15) is 40.9 Å². The van der Waals surface area contributed by atoms with Crippen LogP contribution < -0.4 is 4.74 Å². The molecule has 3 rings (SSSR count). The van der Waals surface area contributed by atoms with Gasteiger partial charge in [0.25, 0.3) is 0 Å². The number of carboxylic acids is 1. The second-order valence-electron chi connectivity index (χ2n) is 7.46. The number of rotatable bonds is 8. The maximum Gasteiger partial charge on any atom is 0.335 e. The lowest BCUT2D eigenvalue weighted by molar-refractivity contribution is 0.0696. The van der Waals surface area contributed by atoms with Crippen molar-refractivity contribution in [3.8, 4) is 5.75 Å². The van der Waals surface area contributed by atoms with Gasteiger partial charge in [0.2, 0.25) is 0 Å². The number of hydrogen-bond acceptors (Lipinski definition) is 2. The Kier molecular flexibility index (Phi) is 7.39. The number of halogens is 1. The minimum absolute atomic E-state index is 0.264. The molecule has 4 heteroatoms. The molecule has 3 aromatic carbocycles. The molecule has 0 spiro atoms. The van der Waals surface area contributed by atoms with Crippen molar-refractivity contribution in [3.05, 3.63) is 119 Å². The molecule has 0 aliphatic heterocycles. The van der Waals surface area contributed by atoms with Gasteiger partial charge < -0.3 is 9.84 Å². The zero-order chi connectivity index (χ0) is 22.2. The molecule has 0 amide bonds. The van der Waals surface area contributed by atoms with Crippen LogP contribution in [0, 0.1) is 5.82 Å². The quantitative estimate of drug-likeness (QED) is 0.416. The van der Waals surface area contributed by atoms with Gasteiger partial charge in [0.05, 0.1) is 5.56 Å². The number of carboxylic acid groups (broad SMARTS) is 1. The van der Waals surface area contributed by atoms with E-state index in [9.17, 15) is 9.18 Å². The monoisotopic (exact) mass is 416 g/mol. The minimum atomic E-state index is -0.920. The summed E-state index contributed by atoms with van der Waals surface area (Å²) < 4.78 is 19.1. The first kappa shape index (κ1) is 22.0. The molecule has 3 nitrogen and oxygen atoms in total. The molecule has 158 valence electrons. The summed E-state index contributed by atoms with van der Waals surface area (Å²) in [6.07, 6.45) is 4.75. The summed E-state index contributed by atoms with van der Waals surface area (Å²) in [7, 11) is 0. The summed E-state index contributed by atoms with van der Waals surface area (Å²) in [6, 6.07) is 21.1. The van der Waals surface area contributed by atoms with Gasteiger partial charge in [-0.05, 0) is 67.3 Å². The molecule has 0 saturated heterocycles. The summed E-state index contributed by atoms with van der Waals surface area (Å²) in [5.41, 5.74) is 5.31. The van der Waals surface area contributed by atoms with Crippen molar-refractivity contribution < 1.29 is 19.0 Å². The second kappa shape index (κ2) is 10.4. The average Bonchev–Trinajstić information content (AvgIpc) is 2.77. The fourth-order valence-corrected chi connectivity index (χ4v) is 3.21. The molecule has 0 bridgehead atoms. The van der Waals surface area contributed by atoms with E-state index in [1.54, 1.807) is 30.3 Å². The maximum absolute atomic E-state index is 13.1. The van der Waals surface area contributed by atoms with Crippen molar-refractivity contribution in [1.29, 1.82) is 0 Å². The second-order valence-corrected chi connectivity index (χ2v) is 7.46. The zero-order valence-corrected chi connectivity index (χ0v) is 17.6. The molecular formula is C27H25FO3. The fraction of sp³-hybridized carbons (Fsp3) is 0.148. The van der Waals surface area contributed by atoms with Gasteiger partial charge in [-0.25, -0.2) is 9.18 Å². The van der Waals surface area contributed by atoms with Crippen LogP contribution >= 0.6 is 0 Å². The SMILES string of the molecule is C/C(=C/C=C(\C)c1ccccc1OCc1ccc(F)cc1)Cc1cccc(C(=O)O)c1. The van der Waals surface area contributed by atoms with Gasteiger partial charge >= 0.3 is 5.97 Å². The van der Waals surface area contributed by atoms with Gasteiger partial charge in [0.1, 0.15) is 18.2 Å². The molecule has 0 fully saturated rings. The third-order valence-corrected chi connectivity index (χ3v) is 4.89. The van der Waals surface area contributed by atoms with Crippen LogP contribution in [0.25, 0.3) is 5.57 Å². The number of aromatic carboxylic acids is 1. The van der Waals surface area contributed by atoms with Crippen LogP contribution in [0.3, 0.4) is 0 Å². The first-order valence-electron chi connectivity index (χ1n) is 10.1. The van der Waals surface area contributed by atoms with Gasteiger partial charge in [-0.1, -0.05) is 60.2 Å².